The van der Waals surface area contributed by atoms with Crippen LogP contribution in [0.15, 0.2) is 46.9 Å². The predicted molar refractivity (Wildman–Crippen MR) is 125 cm³/mol. The fourth-order valence-corrected chi connectivity index (χ4v) is 3.27. The van der Waals surface area contributed by atoms with E-state index in [1.165, 1.54) is 0 Å². The summed E-state index contributed by atoms with van der Waals surface area (Å²) in [6.45, 7) is 8.80. The highest BCUT2D eigenvalue weighted by molar-refractivity contribution is 9.10. The van der Waals surface area contributed by atoms with Crippen LogP contribution in [0.2, 0.25) is 0 Å². The van der Waals surface area contributed by atoms with Gasteiger partial charge >= 0.3 is 0 Å². The van der Waals surface area contributed by atoms with Gasteiger partial charge in [0.25, 0.3) is 11.8 Å². The van der Waals surface area contributed by atoms with E-state index in [1.807, 2.05) is 18.2 Å². The maximum absolute atomic E-state index is 12.5. The second-order valence-corrected chi connectivity index (χ2v) is 9.09. The Kier molecular flexibility index (Phi) is 9.37. The zero-order valence-electron chi connectivity index (χ0n) is 18.6. The highest BCUT2D eigenvalue weighted by Crippen LogP contribution is 2.31. The number of benzene rings is 2. The predicted octanol–water partition coefficient (Wildman–Crippen LogP) is 5.16. The van der Waals surface area contributed by atoms with Gasteiger partial charge in [0.05, 0.1) is 16.6 Å². The van der Waals surface area contributed by atoms with Gasteiger partial charge in [0.15, 0.2) is 6.61 Å². The molecule has 31 heavy (non-hydrogen) atoms. The summed E-state index contributed by atoms with van der Waals surface area (Å²) in [7, 11) is 0. The van der Waals surface area contributed by atoms with Gasteiger partial charge in [0.1, 0.15) is 11.5 Å². The molecule has 0 aliphatic carbocycles. The lowest BCUT2D eigenvalue weighted by Gasteiger charge is -2.20. The Hall–Kier alpha value is -2.54. The maximum atomic E-state index is 12.5. The first kappa shape index (κ1) is 24.7. The molecule has 0 atom stereocenters. The number of hydrazine groups is 1. The zero-order valence-corrected chi connectivity index (χ0v) is 20.2. The van der Waals surface area contributed by atoms with Crippen LogP contribution in [0.1, 0.15) is 62.9 Å². The highest BCUT2D eigenvalue weighted by Gasteiger charge is 2.16. The molecule has 0 bridgehead atoms. The van der Waals surface area contributed by atoms with Crippen molar-refractivity contribution in [1.82, 2.24) is 10.9 Å². The maximum Gasteiger partial charge on any atom is 0.276 e. The molecule has 6 nitrogen and oxygen atoms in total. The SMILES string of the molecule is CCCCCOc1ccccc1C(=O)NNC(=O)COc1ccc(C(C)(C)C)cc1Br. The molecule has 0 unspecified atom stereocenters. The van der Waals surface area contributed by atoms with Crippen molar-refractivity contribution in [3.05, 3.63) is 58.1 Å². The summed E-state index contributed by atoms with van der Waals surface area (Å²) in [5.41, 5.74) is 6.31. The molecule has 0 spiro atoms. The summed E-state index contributed by atoms with van der Waals surface area (Å²) in [5.74, 6) is 0.126. The first-order valence-electron chi connectivity index (χ1n) is 10.5. The van der Waals surface area contributed by atoms with Gasteiger partial charge in [-0.15, -0.1) is 0 Å². The van der Waals surface area contributed by atoms with Crippen LogP contribution in [0.5, 0.6) is 11.5 Å². The van der Waals surface area contributed by atoms with Crippen LogP contribution >= 0.6 is 15.9 Å². The number of rotatable bonds is 9. The molecule has 168 valence electrons. The molecule has 0 saturated heterocycles. The van der Waals surface area contributed by atoms with E-state index in [9.17, 15) is 9.59 Å². The van der Waals surface area contributed by atoms with E-state index in [1.54, 1.807) is 24.3 Å². The van der Waals surface area contributed by atoms with Crippen molar-refractivity contribution in [3.63, 3.8) is 0 Å². The Bertz CT molecular complexity index is 893. The summed E-state index contributed by atoms with van der Waals surface area (Å²) in [4.78, 5) is 24.6. The number of carbonyl (C=O) groups is 2. The molecule has 2 N–H and O–H groups in total. The van der Waals surface area contributed by atoms with Crippen LogP contribution in [0.3, 0.4) is 0 Å². The van der Waals surface area contributed by atoms with Crippen LogP contribution in [0.4, 0.5) is 0 Å². The van der Waals surface area contributed by atoms with E-state index in [2.05, 4.69) is 54.5 Å². The topological polar surface area (TPSA) is 76.7 Å². The number of para-hydroxylation sites is 1. The molecule has 2 amide bonds. The molecule has 0 saturated carbocycles. The van der Waals surface area contributed by atoms with E-state index in [0.717, 1.165) is 29.3 Å². The monoisotopic (exact) mass is 490 g/mol. The van der Waals surface area contributed by atoms with Gasteiger partial charge in [0.2, 0.25) is 0 Å². The van der Waals surface area contributed by atoms with Crippen molar-refractivity contribution < 1.29 is 19.1 Å². The first-order valence-corrected chi connectivity index (χ1v) is 11.3. The van der Waals surface area contributed by atoms with Gasteiger partial charge in [-0.2, -0.15) is 0 Å². The second kappa shape index (κ2) is 11.7. The normalized spacial score (nSPS) is 11.0. The van der Waals surface area contributed by atoms with Crippen LogP contribution in [0.25, 0.3) is 0 Å². The number of nitrogens with one attached hydrogen (secondary N) is 2. The summed E-state index contributed by atoms with van der Waals surface area (Å²) in [6.07, 6.45) is 3.09. The molecule has 0 fully saturated rings. The fourth-order valence-electron chi connectivity index (χ4n) is 2.77. The fraction of sp³-hybridized carbons (Fsp3) is 0.417. The third kappa shape index (κ3) is 7.90. The lowest BCUT2D eigenvalue weighted by Crippen LogP contribution is -2.44. The van der Waals surface area contributed by atoms with Gasteiger partial charge in [0, 0.05) is 0 Å². The minimum absolute atomic E-state index is 0.0126. The third-order valence-electron chi connectivity index (χ3n) is 4.61. The largest absolute Gasteiger partial charge is 0.493 e. The van der Waals surface area contributed by atoms with E-state index in [4.69, 9.17) is 9.47 Å². The van der Waals surface area contributed by atoms with Gasteiger partial charge < -0.3 is 9.47 Å². The number of unbranched alkanes of at least 4 members (excludes halogenated alkanes) is 2. The van der Waals surface area contributed by atoms with Crippen molar-refractivity contribution in [3.8, 4) is 11.5 Å². The molecule has 2 rings (SSSR count). The van der Waals surface area contributed by atoms with Crippen molar-refractivity contribution in [2.45, 2.75) is 52.4 Å². The van der Waals surface area contributed by atoms with Crippen molar-refractivity contribution in [2.24, 2.45) is 0 Å². The lowest BCUT2D eigenvalue weighted by atomic mass is 9.87. The summed E-state index contributed by atoms with van der Waals surface area (Å²) >= 11 is 3.48. The minimum atomic E-state index is -0.471. The van der Waals surface area contributed by atoms with Crippen LogP contribution in [-0.4, -0.2) is 25.0 Å². The number of carbonyl (C=O) groups excluding carboxylic acids is 2. The van der Waals surface area contributed by atoms with E-state index in [0.29, 0.717) is 23.7 Å². The van der Waals surface area contributed by atoms with Gasteiger partial charge in [-0.1, -0.05) is 58.7 Å². The molecule has 0 aromatic heterocycles. The Morgan fingerprint density at radius 3 is 2.39 bits per heavy atom. The molecule has 0 radical (unpaired) electrons. The quantitative estimate of drug-likeness (QED) is 0.376. The van der Waals surface area contributed by atoms with Crippen LogP contribution in [-0.2, 0) is 10.2 Å². The molecular formula is C24H31BrN2O4. The number of hydrogen-bond donors (Lipinski definition) is 2. The average molecular weight is 491 g/mol. The standard InChI is InChI=1S/C24H31BrN2O4/c1-5-6-9-14-30-20-11-8-7-10-18(20)23(29)27-26-22(28)16-31-21-13-12-17(15-19(21)25)24(2,3)4/h7-8,10-13,15H,5-6,9,14,16H2,1-4H3,(H,26,28)(H,27,29). The number of amides is 2. The average Bonchev–Trinajstić information content (AvgIpc) is 2.73. The zero-order chi connectivity index (χ0) is 22.9. The van der Waals surface area contributed by atoms with E-state index in [-0.39, 0.29) is 12.0 Å². The number of ether oxygens (including phenoxy) is 2. The molecular weight excluding hydrogens is 460 g/mol. The Balaban J connectivity index is 1.86. The summed E-state index contributed by atoms with van der Waals surface area (Å²) in [5, 5.41) is 0. The van der Waals surface area contributed by atoms with Crippen molar-refractivity contribution >= 4 is 27.7 Å². The minimum Gasteiger partial charge on any atom is -0.493 e. The lowest BCUT2D eigenvalue weighted by molar-refractivity contribution is -0.123. The van der Waals surface area contributed by atoms with Gasteiger partial charge in [-0.05, 0) is 57.6 Å². The third-order valence-corrected chi connectivity index (χ3v) is 5.23. The first-order chi connectivity index (χ1) is 14.7. The second-order valence-electron chi connectivity index (χ2n) is 8.24. The summed E-state index contributed by atoms with van der Waals surface area (Å²) < 4.78 is 12.1. The molecule has 7 heteroatoms. The van der Waals surface area contributed by atoms with Crippen LogP contribution in [0, 0.1) is 0 Å². The van der Waals surface area contributed by atoms with Crippen molar-refractivity contribution in [2.75, 3.05) is 13.2 Å². The molecule has 2 aromatic carbocycles. The van der Waals surface area contributed by atoms with Crippen molar-refractivity contribution in [1.29, 1.82) is 0 Å². The molecule has 0 heterocycles. The smallest absolute Gasteiger partial charge is 0.276 e. The molecule has 2 aromatic rings. The van der Waals surface area contributed by atoms with Gasteiger partial charge in [-0.25, -0.2) is 0 Å². The number of hydrogen-bond acceptors (Lipinski definition) is 4. The van der Waals surface area contributed by atoms with Crippen LogP contribution < -0.4 is 20.3 Å². The number of halogens is 1. The Morgan fingerprint density at radius 2 is 1.71 bits per heavy atom. The van der Waals surface area contributed by atoms with Gasteiger partial charge in [-0.3, -0.25) is 20.4 Å². The Morgan fingerprint density at radius 1 is 0.968 bits per heavy atom. The summed E-state index contributed by atoms with van der Waals surface area (Å²) in [6, 6.07) is 12.7. The molecule has 0 aliphatic heterocycles. The molecule has 0 aliphatic rings. The van der Waals surface area contributed by atoms with E-state index < -0.39 is 11.8 Å². The Labute approximate surface area is 192 Å². The van der Waals surface area contributed by atoms with E-state index >= 15 is 0 Å². The highest BCUT2D eigenvalue weighted by atomic mass is 79.9.